The number of hydrogen-bond donors (Lipinski definition) is 1. The number of aryl methyl sites for hydroxylation is 1. The molecule has 2 amide bonds. The van der Waals surface area contributed by atoms with Crippen molar-refractivity contribution in [2.24, 2.45) is 0 Å². The molecule has 6 heteroatoms. The average molecular weight is 431 g/mol. The van der Waals surface area contributed by atoms with Gasteiger partial charge in [-0.25, -0.2) is 0 Å². The molecule has 0 atom stereocenters. The summed E-state index contributed by atoms with van der Waals surface area (Å²) in [5.74, 6) is 0.350. The minimum atomic E-state index is 0.169. The molecule has 0 unspecified atom stereocenters. The van der Waals surface area contributed by atoms with E-state index in [1.54, 1.807) is 0 Å². The predicted octanol–water partition coefficient (Wildman–Crippen LogP) is 2.75. The summed E-state index contributed by atoms with van der Waals surface area (Å²) in [7, 11) is 0. The summed E-state index contributed by atoms with van der Waals surface area (Å²) in [6.07, 6.45) is 1.32. The SMILES string of the molecule is Cc1ccc(CC(=O)N2CCN(CC(=O)N3CCc4[nH]c5ccccc5c4C3)CC2)cc1. The summed E-state index contributed by atoms with van der Waals surface area (Å²) in [6.45, 7) is 6.78. The standard InChI is InChI=1S/C26H30N4O2/c1-19-6-8-20(9-7-19)16-25(31)29-14-12-28(13-15-29)18-26(32)30-11-10-24-22(17-30)21-4-2-3-5-23(21)27-24/h2-9,27H,10-18H2,1H3. The zero-order valence-corrected chi connectivity index (χ0v) is 18.6. The summed E-state index contributed by atoms with van der Waals surface area (Å²) in [5.41, 5.74) is 5.93. The molecule has 3 heterocycles. The molecular formula is C26H30N4O2. The van der Waals surface area contributed by atoms with Crippen molar-refractivity contribution in [3.05, 3.63) is 70.9 Å². The molecule has 1 saturated heterocycles. The van der Waals surface area contributed by atoms with Gasteiger partial charge in [-0.05, 0) is 18.6 Å². The summed E-state index contributed by atoms with van der Waals surface area (Å²) in [5, 5.41) is 1.22. The van der Waals surface area contributed by atoms with E-state index < -0.39 is 0 Å². The van der Waals surface area contributed by atoms with Crippen molar-refractivity contribution in [3.63, 3.8) is 0 Å². The van der Waals surface area contributed by atoms with E-state index in [0.29, 0.717) is 32.6 Å². The van der Waals surface area contributed by atoms with Crippen LogP contribution in [0.25, 0.3) is 10.9 Å². The summed E-state index contributed by atoms with van der Waals surface area (Å²) in [6, 6.07) is 16.5. The Morgan fingerprint density at radius 3 is 2.41 bits per heavy atom. The van der Waals surface area contributed by atoms with E-state index in [4.69, 9.17) is 0 Å². The van der Waals surface area contributed by atoms with E-state index in [-0.39, 0.29) is 11.8 Å². The lowest BCUT2D eigenvalue weighted by atomic mass is 10.0. The third-order valence-electron chi connectivity index (χ3n) is 6.80. The predicted molar refractivity (Wildman–Crippen MR) is 125 cm³/mol. The zero-order chi connectivity index (χ0) is 22.1. The third-order valence-corrected chi connectivity index (χ3v) is 6.80. The first-order valence-electron chi connectivity index (χ1n) is 11.5. The highest BCUT2D eigenvalue weighted by atomic mass is 16.2. The Bertz CT molecular complexity index is 1130. The first-order chi connectivity index (χ1) is 15.6. The molecule has 0 bridgehead atoms. The molecule has 1 N–H and O–H groups in total. The van der Waals surface area contributed by atoms with Crippen molar-refractivity contribution >= 4 is 22.7 Å². The minimum absolute atomic E-state index is 0.169. The molecule has 1 aromatic heterocycles. The average Bonchev–Trinajstić information content (AvgIpc) is 3.19. The smallest absolute Gasteiger partial charge is 0.237 e. The Morgan fingerprint density at radius 2 is 1.62 bits per heavy atom. The summed E-state index contributed by atoms with van der Waals surface area (Å²) < 4.78 is 0. The number of nitrogens with one attached hydrogen (secondary N) is 1. The van der Waals surface area contributed by atoms with Gasteiger partial charge in [0.05, 0.1) is 13.0 Å². The fourth-order valence-corrected chi connectivity index (χ4v) is 4.82. The molecule has 0 aliphatic carbocycles. The van der Waals surface area contributed by atoms with Gasteiger partial charge in [-0.1, -0.05) is 48.0 Å². The first-order valence-corrected chi connectivity index (χ1v) is 11.5. The van der Waals surface area contributed by atoms with Crippen LogP contribution in [-0.2, 0) is 29.0 Å². The van der Waals surface area contributed by atoms with Crippen LogP contribution >= 0.6 is 0 Å². The van der Waals surface area contributed by atoms with Crippen molar-refractivity contribution in [3.8, 4) is 0 Å². The number of fused-ring (bicyclic) bond motifs is 3. The van der Waals surface area contributed by atoms with Crippen LogP contribution in [0.5, 0.6) is 0 Å². The first kappa shape index (κ1) is 20.8. The number of para-hydroxylation sites is 1. The van der Waals surface area contributed by atoms with Gasteiger partial charge >= 0.3 is 0 Å². The van der Waals surface area contributed by atoms with Crippen LogP contribution in [0, 0.1) is 6.92 Å². The lowest BCUT2D eigenvalue weighted by molar-refractivity contribution is -0.135. The van der Waals surface area contributed by atoms with Gasteiger partial charge in [0.15, 0.2) is 0 Å². The number of rotatable bonds is 4. The lowest BCUT2D eigenvalue weighted by Gasteiger charge is -2.36. The number of carbonyl (C=O) groups excluding carboxylic acids is 2. The molecular weight excluding hydrogens is 400 g/mol. The number of carbonyl (C=O) groups is 2. The molecule has 2 aliphatic rings. The fourth-order valence-electron chi connectivity index (χ4n) is 4.82. The monoisotopic (exact) mass is 430 g/mol. The number of H-pyrrole nitrogens is 1. The second-order valence-electron chi connectivity index (χ2n) is 9.01. The molecule has 0 saturated carbocycles. The Labute approximate surface area is 188 Å². The number of hydrogen-bond acceptors (Lipinski definition) is 3. The summed E-state index contributed by atoms with van der Waals surface area (Å²) in [4.78, 5) is 35.3. The van der Waals surface area contributed by atoms with Crippen molar-refractivity contribution in [1.82, 2.24) is 19.7 Å². The van der Waals surface area contributed by atoms with Crippen molar-refractivity contribution in [2.45, 2.75) is 26.3 Å². The molecule has 1 fully saturated rings. The Balaban J connectivity index is 1.13. The maximum absolute atomic E-state index is 13.0. The molecule has 166 valence electrons. The summed E-state index contributed by atoms with van der Waals surface area (Å²) >= 11 is 0. The maximum Gasteiger partial charge on any atom is 0.237 e. The quantitative estimate of drug-likeness (QED) is 0.693. The number of aromatic nitrogens is 1. The van der Waals surface area contributed by atoms with Gasteiger partial charge in [-0.2, -0.15) is 0 Å². The van der Waals surface area contributed by atoms with E-state index >= 15 is 0 Å². The molecule has 5 rings (SSSR count). The van der Waals surface area contributed by atoms with Gasteiger partial charge < -0.3 is 14.8 Å². The van der Waals surface area contributed by atoms with Gasteiger partial charge in [-0.15, -0.1) is 0 Å². The second-order valence-corrected chi connectivity index (χ2v) is 9.01. The Morgan fingerprint density at radius 1 is 0.875 bits per heavy atom. The van der Waals surface area contributed by atoms with Crippen molar-refractivity contribution in [2.75, 3.05) is 39.3 Å². The number of nitrogens with zero attached hydrogens (tertiary/aromatic N) is 3. The highest BCUT2D eigenvalue weighted by Gasteiger charge is 2.27. The number of amides is 2. The van der Waals surface area contributed by atoms with Gasteiger partial charge in [0.1, 0.15) is 0 Å². The van der Waals surface area contributed by atoms with Gasteiger partial charge in [0, 0.05) is 67.8 Å². The van der Waals surface area contributed by atoms with Crippen LogP contribution < -0.4 is 0 Å². The van der Waals surface area contributed by atoms with Crippen molar-refractivity contribution in [1.29, 1.82) is 0 Å². The second kappa shape index (κ2) is 8.79. The molecule has 6 nitrogen and oxygen atoms in total. The van der Waals surface area contributed by atoms with Crippen LogP contribution in [0.3, 0.4) is 0 Å². The lowest BCUT2D eigenvalue weighted by Crippen LogP contribution is -2.52. The number of piperazine rings is 1. The van der Waals surface area contributed by atoms with Crippen LogP contribution in [-0.4, -0.2) is 70.8 Å². The molecule has 2 aliphatic heterocycles. The zero-order valence-electron chi connectivity index (χ0n) is 18.6. The maximum atomic E-state index is 13.0. The highest BCUT2D eigenvalue weighted by molar-refractivity contribution is 5.86. The van der Waals surface area contributed by atoms with Crippen LogP contribution in [0.1, 0.15) is 22.4 Å². The van der Waals surface area contributed by atoms with Gasteiger partial charge in [-0.3, -0.25) is 14.5 Å². The largest absolute Gasteiger partial charge is 0.358 e. The number of aromatic amines is 1. The topological polar surface area (TPSA) is 59.7 Å². The molecule has 32 heavy (non-hydrogen) atoms. The normalized spacial score (nSPS) is 16.9. The molecule has 0 spiro atoms. The number of benzene rings is 2. The van der Waals surface area contributed by atoms with E-state index in [0.717, 1.165) is 37.1 Å². The molecule has 3 aromatic rings. The molecule has 0 radical (unpaired) electrons. The highest BCUT2D eigenvalue weighted by Crippen LogP contribution is 2.27. The van der Waals surface area contributed by atoms with Gasteiger partial charge in [0.25, 0.3) is 0 Å². The Hall–Kier alpha value is -3.12. The Kier molecular flexibility index (Phi) is 5.70. The fraction of sp³-hybridized carbons (Fsp3) is 0.385. The van der Waals surface area contributed by atoms with E-state index in [2.05, 4.69) is 35.0 Å². The van der Waals surface area contributed by atoms with Crippen LogP contribution in [0.2, 0.25) is 0 Å². The van der Waals surface area contributed by atoms with Crippen LogP contribution in [0.4, 0.5) is 0 Å². The van der Waals surface area contributed by atoms with E-state index in [1.165, 1.54) is 22.2 Å². The third kappa shape index (κ3) is 4.28. The minimum Gasteiger partial charge on any atom is -0.358 e. The van der Waals surface area contributed by atoms with E-state index in [9.17, 15) is 9.59 Å². The van der Waals surface area contributed by atoms with Crippen molar-refractivity contribution < 1.29 is 9.59 Å². The molecule has 2 aromatic carbocycles. The van der Waals surface area contributed by atoms with E-state index in [1.807, 2.05) is 40.1 Å². The van der Waals surface area contributed by atoms with Crippen LogP contribution in [0.15, 0.2) is 48.5 Å². The van der Waals surface area contributed by atoms with Gasteiger partial charge in [0.2, 0.25) is 11.8 Å².